The van der Waals surface area contributed by atoms with Crippen molar-refractivity contribution in [2.45, 2.75) is 25.7 Å². The van der Waals surface area contributed by atoms with Crippen molar-refractivity contribution in [2.24, 2.45) is 0 Å². The normalized spacial score (nSPS) is 12.9. The fourth-order valence-corrected chi connectivity index (χ4v) is 2.12. The number of nitrogens with zero attached hydrogens (tertiary/aromatic N) is 3. The fraction of sp³-hybridized carbons (Fsp3) is 0.400. The molecule has 1 amide bonds. The van der Waals surface area contributed by atoms with Gasteiger partial charge in [-0.3, -0.25) is 4.79 Å². The summed E-state index contributed by atoms with van der Waals surface area (Å²) in [6, 6.07) is 3.57. The smallest absolute Gasteiger partial charge is 0.383 e. The van der Waals surface area contributed by atoms with Gasteiger partial charge in [-0.1, -0.05) is 0 Å². The first-order chi connectivity index (χ1) is 11.3. The SMILES string of the molecule is COCCn1cnnc1[C@@H](C)NC(=O)c1ccc(C(F)(F)F)cc1. The molecular weight excluding hydrogens is 325 g/mol. The molecule has 0 aliphatic rings. The molecule has 1 heterocycles. The molecule has 9 heteroatoms. The third-order valence-electron chi connectivity index (χ3n) is 3.39. The Morgan fingerprint density at radius 3 is 2.58 bits per heavy atom. The molecule has 0 aliphatic carbocycles. The van der Waals surface area contributed by atoms with Gasteiger partial charge in [-0.25, -0.2) is 0 Å². The zero-order chi connectivity index (χ0) is 17.7. The quantitative estimate of drug-likeness (QED) is 0.875. The van der Waals surface area contributed by atoms with E-state index in [-0.39, 0.29) is 5.56 Å². The third kappa shape index (κ3) is 4.31. The minimum atomic E-state index is -4.43. The van der Waals surface area contributed by atoms with Crippen LogP contribution in [0.5, 0.6) is 0 Å². The van der Waals surface area contributed by atoms with E-state index in [1.807, 2.05) is 0 Å². The average molecular weight is 342 g/mol. The average Bonchev–Trinajstić information content (AvgIpc) is 3.00. The van der Waals surface area contributed by atoms with Gasteiger partial charge in [0.05, 0.1) is 18.2 Å². The highest BCUT2D eigenvalue weighted by Crippen LogP contribution is 2.29. The molecule has 24 heavy (non-hydrogen) atoms. The van der Waals surface area contributed by atoms with Crippen LogP contribution in [-0.4, -0.2) is 34.4 Å². The van der Waals surface area contributed by atoms with E-state index in [1.165, 1.54) is 6.33 Å². The van der Waals surface area contributed by atoms with E-state index in [0.717, 1.165) is 24.3 Å². The highest BCUT2D eigenvalue weighted by Gasteiger charge is 2.30. The second-order valence-electron chi connectivity index (χ2n) is 5.15. The summed E-state index contributed by atoms with van der Waals surface area (Å²) < 4.78 is 44.3. The number of ether oxygens (including phenoxy) is 1. The highest BCUT2D eigenvalue weighted by atomic mass is 19.4. The van der Waals surface area contributed by atoms with Gasteiger partial charge < -0.3 is 14.6 Å². The number of carbonyl (C=O) groups is 1. The molecule has 1 aromatic carbocycles. The number of methoxy groups -OCH3 is 1. The summed E-state index contributed by atoms with van der Waals surface area (Å²) in [5, 5.41) is 10.4. The van der Waals surface area contributed by atoms with Gasteiger partial charge in [-0.2, -0.15) is 13.2 Å². The van der Waals surface area contributed by atoms with Crippen LogP contribution in [0.15, 0.2) is 30.6 Å². The molecule has 0 fully saturated rings. The van der Waals surface area contributed by atoms with Gasteiger partial charge in [0.2, 0.25) is 0 Å². The lowest BCUT2D eigenvalue weighted by molar-refractivity contribution is -0.137. The highest BCUT2D eigenvalue weighted by molar-refractivity contribution is 5.94. The van der Waals surface area contributed by atoms with Crippen LogP contribution in [0.3, 0.4) is 0 Å². The fourth-order valence-electron chi connectivity index (χ4n) is 2.12. The van der Waals surface area contributed by atoms with Crippen molar-refractivity contribution in [3.63, 3.8) is 0 Å². The van der Waals surface area contributed by atoms with Crippen molar-refractivity contribution < 1.29 is 22.7 Å². The number of carbonyl (C=O) groups excluding carboxylic acids is 1. The molecule has 130 valence electrons. The van der Waals surface area contributed by atoms with Crippen LogP contribution in [0.1, 0.15) is 34.7 Å². The Balaban J connectivity index is 2.05. The van der Waals surface area contributed by atoms with Crippen molar-refractivity contribution in [3.05, 3.63) is 47.5 Å². The lowest BCUT2D eigenvalue weighted by Crippen LogP contribution is -2.29. The van der Waals surface area contributed by atoms with Crippen LogP contribution in [0.4, 0.5) is 13.2 Å². The number of halogens is 3. The molecule has 1 aromatic heterocycles. The van der Waals surface area contributed by atoms with Gasteiger partial charge >= 0.3 is 6.18 Å². The molecule has 0 aliphatic heterocycles. The second-order valence-corrected chi connectivity index (χ2v) is 5.15. The lowest BCUT2D eigenvalue weighted by Gasteiger charge is -2.15. The first-order valence-electron chi connectivity index (χ1n) is 7.17. The van der Waals surface area contributed by atoms with Crippen LogP contribution in [0, 0.1) is 0 Å². The first kappa shape index (κ1) is 17.9. The largest absolute Gasteiger partial charge is 0.416 e. The van der Waals surface area contributed by atoms with Gasteiger partial charge in [0.1, 0.15) is 6.33 Å². The van der Waals surface area contributed by atoms with Crippen molar-refractivity contribution in [1.29, 1.82) is 0 Å². The molecule has 0 spiro atoms. The number of alkyl halides is 3. The van der Waals surface area contributed by atoms with Crippen molar-refractivity contribution in [1.82, 2.24) is 20.1 Å². The van der Waals surface area contributed by atoms with Crippen LogP contribution in [0.25, 0.3) is 0 Å². The van der Waals surface area contributed by atoms with Crippen molar-refractivity contribution in [2.75, 3.05) is 13.7 Å². The Morgan fingerprint density at radius 2 is 2.00 bits per heavy atom. The lowest BCUT2D eigenvalue weighted by atomic mass is 10.1. The van der Waals surface area contributed by atoms with Gasteiger partial charge in [0.15, 0.2) is 5.82 Å². The topological polar surface area (TPSA) is 69.0 Å². The molecule has 1 atom stereocenters. The Labute approximate surface area is 136 Å². The number of amides is 1. The van der Waals surface area contributed by atoms with Crippen LogP contribution in [-0.2, 0) is 17.5 Å². The van der Waals surface area contributed by atoms with Crippen LogP contribution < -0.4 is 5.32 Å². The number of hydrogen-bond donors (Lipinski definition) is 1. The minimum Gasteiger partial charge on any atom is -0.383 e. The molecular formula is C15H17F3N4O2. The molecule has 2 rings (SSSR count). The van der Waals surface area contributed by atoms with Gasteiger partial charge in [-0.05, 0) is 31.2 Å². The van der Waals surface area contributed by atoms with Crippen LogP contribution >= 0.6 is 0 Å². The van der Waals surface area contributed by atoms with Crippen molar-refractivity contribution >= 4 is 5.91 Å². The number of nitrogens with one attached hydrogen (secondary N) is 1. The number of hydrogen-bond acceptors (Lipinski definition) is 4. The third-order valence-corrected chi connectivity index (χ3v) is 3.39. The van der Waals surface area contributed by atoms with Gasteiger partial charge in [0, 0.05) is 19.2 Å². The number of rotatable bonds is 6. The molecule has 0 unspecified atom stereocenters. The summed E-state index contributed by atoms with van der Waals surface area (Å²) in [6.45, 7) is 2.71. The van der Waals surface area contributed by atoms with E-state index in [0.29, 0.717) is 19.0 Å². The molecule has 2 aromatic rings. The molecule has 0 saturated carbocycles. The minimum absolute atomic E-state index is 0.137. The van der Waals surface area contributed by atoms with Crippen LogP contribution in [0.2, 0.25) is 0 Å². The summed E-state index contributed by atoms with van der Waals surface area (Å²) in [6.07, 6.45) is -2.91. The molecule has 6 nitrogen and oxygen atoms in total. The van der Waals surface area contributed by atoms with Gasteiger partial charge in [0.25, 0.3) is 5.91 Å². The number of aromatic nitrogens is 3. The Hall–Kier alpha value is -2.42. The van der Waals surface area contributed by atoms with E-state index < -0.39 is 23.7 Å². The first-order valence-corrected chi connectivity index (χ1v) is 7.17. The maximum Gasteiger partial charge on any atom is 0.416 e. The second kappa shape index (κ2) is 7.43. The maximum atomic E-state index is 12.5. The summed E-state index contributed by atoms with van der Waals surface area (Å²) >= 11 is 0. The Bertz CT molecular complexity index is 683. The zero-order valence-corrected chi connectivity index (χ0v) is 13.2. The van der Waals surface area contributed by atoms with E-state index in [2.05, 4.69) is 15.5 Å². The maximum absolute atomic E-state index is 12.5. The summed E-state index contributed by atoms with van der Waals surface area (Å²) in [4.78, 5) is 12.2. The summed E-state index contributed by atoms with van der Waals surface area (Å²) in [5.74, 6) is 0.0461. The molecule has 0 saturated heterocycles. The molecule has 0 bridgehead atoms. The van der Waals surface area contributed by atoms with E-state index in [9.17, 15) is 18.0 Å². The summed E-state index contributed by atoms with van der Waals surface area (Å²) in [5.41, 5.74) is -0.663. The van der Waals surface area contributed by atoms with E-state index in [1.54, 1.807) is 18.6 Å². The molecule has 1 N–H and O–H groups in total. The zero-order valence-electron chi connectivity index (χ0n) is 13.2. The predicted molar refractivity (Wildman–Crippen MR) is 79.2 cm³/mol. The van der Waals surface area contributed by atoms with E-state index >= 15 is 0 Å². The standard InChI is InChI=1S/C15H17F3N4O2/c1-10(13-21-19-9-22(13)7-8-24-2)20-14(23)11-3-5-12(6-4-11)15(16,17)18/h3-6,9-10H,7-8H2,1-2H3,(H,20,23)/t10-/m1/s1. The predicted octanol–water partition coefficient (Wildman–Crippen LogP) is 2.43. The Kier molecular flexibility index (Phi) is 5.55. The number of benzene rings is 1. The van der Waals surface area contributed by atoms with Gasteiger partial charge in [-0.15, -0.1) is 10.2 Å². The van der Waals surface area contributed by atoms with Crippen molar-refractivity contribution in [3.8, 4) is 0 Å². The Morgan fingerprint density at radius 1 is 1.33 bits per heavy atom. The molecule has 0 radical (unpaired) electrons. The monoisotopic (exact) mass is 342 g/mol. The van der Waals surface area contributed by atoms with E-state index in [4.69, 9.17) is 4.74 Å². The summed E-state index contributed by atoms with van der Waals surface area (Å²) in [7, 11) is 1.57.